The van der Waals surface area contributed by atoms with Crippen molar-refractivity contribution in [2.24, 2.45) is 5.92 Å². The van der Waals surface area contributed by atoms with Crippen LogP contribution in [-0.2, 0) is 0 Å². The molecule has 3 heterocycles. The summed E-state index contributed by atoms with van der Waals surface area (Å²) in [6, 6.07) is 9.49. The van der Waals surface area contributed by atoms with Crippen LogP contribution in [0.3, 0.4) is 0 Å². The van der Waals surface area contributed by atoms with E-state index in [9.17, 15) is 9.59 Å². The van der Waals surface area contributed by atoms with E-state index in [1.54, 1.807) is 11.1 Å². The van der Waals surface area contributed by atoms with Gasteiger partial charge in [0.2, 0.25) is 0 Å². The van der Waals surface area contributed by atoms with E-state index >= 15 is 0 Å². The number of aromatic nitrogens is 4. The second-order valence-electron chi connectivity index (χ2n) is 6.59. The maximum atomic E-state index is 12.8. The molecule has 1 aromatic carbocycles. The molecule has 25 heavy (non-hydrogen) atoms. The van der Waals surface area contributed by atoms with Gasteiger partial charge in [-0.3, -0.25) is 9.59 Å². The van der Waals surface area contributed by atoms with Crippen LogP contribution in [0.15, 0.2) is 41.3 Å². The van der Waals surface area contributed by atoms with Crippen molar-refractivity contribution in [2.75, 3.05) is 13.1 Å². The number of benzene rings is 1. The molecule has 128 valence electrons. The first-order valence-corrected chi connectivity index (χ1v) is 8.46. The predicted molar refractivity (Wildman–Crippen MR) is 93.3 cm³/mol. The molecular weight excluding hydrogens is 318 g/mol. The molecule has 1 aliphatic rings. The van der Waals surface area contributed by atoms with Crippen molar-refractivity contribution < 1.29 is 4.79 Å². The van der Waals surface area contributed by atoms with E-state index in [0.29, 0.717) is 24.7 Å². The number of rotatable bonds is 2. The van der Waals surface area contributed by atoms with Gasteiger partial charge in [0.15, 0.2) is 11.2 Å². The third kappa shape index (κ3) is 2.82. The minimum atomic E-state index is -0.361. The van der Waals surface area contributed by atoms with Gasteiger partial charge in [-0.15, -0.1) is 5.10 Å². The highest BCUT2D eigenvalue weighted by Gasteiger charge is 2.27. The number of H-pyrrole nitrogens is 1. The van der Waals surface area contributed by atoms with Crippen molar-refractivity contribution in [3.63, 3.8) is 0 Å². The van der Waals surface area contributed by atoms with Crippen molar-refractivity contribution in [2.45, 2.75) is 19.8 Å². The first-order valence-electron chi connectivity index (χ1n) is 8.46. The quantitative estimate of drug-likeness (QED) is 0.775. The van der Waals surface area contributed by atoms with E-state index in [1.165, 1.54) is 4.52 Å². The molecule has 0 spiro atoms. The average molecular weight is 337 g/mol. The molecule has 0 bridgehead atoms. The molecule has 1 aliphatic heterocycles. The van der Waals surface area contributed by atoms with Crippen LogP contribution in [0.5, 0.6) is 0 Å². The van der Waals surface area contributed by atoms with Gasteiger partial charge in [0.05, 0.1) is 11.9 Å². The maximum Gasteiger partial charge on any atom is 0.276 e. The Morgan fingerprint density at radius 2 is 2.08 bits per heavy atom. The number of carbonyl (C=O) groups is 1. The van der Waals surface area contributed by atoms with Gasteiger partial charge in [0, 0.05) is 13.1 Å². The Kier molecular flexibility index (Phi) is 3.83. The SMILES string of the molecule is CC1CCCN(C(=O)c2nnn3cc(-c4ccccc4)[nH]c(=O)c23)C1. The van der Waals surface area contributed by atoms with Gasteiger partial charge in [0.1, 0.15) is 0 Å². The number of hydrogen-bond donors (Lipinski definition) is 1. The Labute approximate surface area is 144 Å². The van der Waals surface area contributed by atoms with Crippen LogP contribution >= 0.6 is 0 Å². The number of nitrogens with one attached hydrogen (secondary N) is 1. The zero-order chi connectivity index (χ0) is 17.4. The average Bonchev–Trinajstić information content (AvgIpc) is 3.06. The molecule has 1 unspecified atom stereocenters. The second-order valence-corrected chi connectivity index (χ2v) is 6.59. The Hall–Kier alpha value is -2.96. The first-order chi connectivity index (χ1) is 12.1. The van der Waals surface area contributed by atoms with Crippen molar-refractivity contribution in [1.82, 2.24) is 24.7 Å². The fourth-order valence-electron chi connectivity index (χ4n) is 3.36. The van der Waals surface area contributed by atoms with Crippen molar-refractivity contribution >= 4 is 11.4 Å². The van der Waals surface area contributed by atoms with E-state index in [4.69, 9.17) is 0 Å². The minimum absolute atomic E-state index is 0.120. The molecule has 4 rings (SSSR count). The van der Waals surface area contributed by atoms with Crippen molar-refractivity contribution in [3.05, 3.63) is 52.6 Å². The highest BCUT2D eigenvalue weighted by Crippen LogP contribution is 2.19. The molecule has 1 amide bonds. The van der Waals surface area contributed by atoms with Gasteiger partial charge in [-0.05, 0) is 24.3 Å². The lowest BCUT2D eigenvalue weighted by molar-refractivity contribution is 0.0679. The zero-order valence-corrected chi connectivity index (χ0v) is 14.0. The van der Waals surface area contributed by atoms with Gasteiger partial charge in [-0.25, -0.2) is 4.52 Å². The highest BCUT2D eigenvalue weighted by atomic mass is 16.2. The third-order valence-electron chi connectivity index (χ3n) is 4.64. The first kappa shape index (κ1) is 15.6. The summed E-state index contributed by atoms with van der Waals surface area (Å²) in [6.45, 7) is 3.52. The summed E-state index contributed by atoms with van der Waals surface area (Å²) in [5.74, 6) is 0.238. The molecule has 1 saturated heterocycles. The van der Waals surface area contributed by atoms with Crippen molar-refractivity contribution in [1.29, 1.82) is 0 Å². The van der Waals surface area contributed by atoms with Crippen LogP contribution in [0.4, 0.5) is 0 Å². The van der Waals surface area contributed by atoms with Gasteiger partial charge in [-0.1, -0.05) is 42.5 Å². The van der Waals surface area contributed by atoms with Crippen LogP contribution in [0, 0.1) is 5.92 Å². The minimum Gasteiger partial charge on any atom is -0.337 e. The molecule has 3 aromatic rings. The van der Waals surface area contributed by atoms with Gasteiger partial charge >= 0.3 is 0 Å². The van der Waals surface area contributed by atoms with Crippen LogP contribution in [0.1, 0.15) is 30.3 Å². The van der Waals surface area contributed by atoms with Gasteiger partial charge in [0.25, 0.3) is 11.5 Å². The van der Waals surface area contributed by atoms with E-state index in [-0.39, 0.29) is 22.7 Å². The number of fused-ring (bicyclic) bond motifs is 1. The van der Waals surface area contributed by atoms with Gasteiger partial charge < -0.3 is 9.88 Å². The summed E-state index contributed by atoms with van der Waals surface area (Å²) in [5.41, 5.74) is 1.46. The van der Waals surface area contributed by atoms with Crippen LogP contribution < -0.4 is 5.56 Å². The molecule has 7 heteroatoms. The Morgan fingerprint density at radius 1 is 1.28 bits per heavy atom. The molecule has 7 nitrogen and oxygen atoms in total. The maximum absolute atomic E-state index is 12.8. The molecule has 1 fully saturated rings. The zero-order valence-electron chi connectivity index (χ0n) is 14.0. The monoisotopic (exact) mass is 337 g/mol. The van der Waals surface area contributed by atoms with Crippen LogP contribution in [0.2, 0.25) is 0 Å². The lowest BCUT2D eigenvalue weighted by Crippen LogP contribution is -2.39. The number of likely N-dealkylation sites (tertiary alicyclic amines) is 1. The third-order valence-corrected chi connectivity index (χ3v) is 4.64. The number of nitrogens with zero attached hydrogens (tertiary/aromatic N) is 4. The summed E-state index contributed by atoms with van der Waals surface area (Å²) in [6.07, 6.45) is 3.78. The molecule has 2 aromatic heterocycles. The van der Waals surface area contributed by atoms with Crippen LogP contribution in [0.25, 0.3) is 16.8 Å². The van der Waals surface area contributed by atoms with Gasteiger partial charge in [-0.2, -0.15) is 0 Å². The van der Waals surface area contributed by atoms with E-state index in [1.807, 2.05) is 30.3 Å². The Bertz CT molecular complexity index is 976. The summed E-state index contributed by atoms with van der Waals surface area (Å²) in [7, 11) is 0. The largest absolute Gasteiger partial charge is 0.337 e. The van der Waals surface area contributed by atoms with Crippen LogP contribution in [-0.4, -0.2) is 43.7 Å². The number of piperidine rings is 1. The Morgan fingerprint density at radius 3 is 2.84 bits per heavy atom. The number of aromatic amines is 1. The topological polar surface area (TPSA) is 83.4 Å². The second kappa shape index (κ2) is 6.16. The number of hydrogen-bond acceptors (Lipinski definition) is 4. The fraction of sp³-hybridized carbons (Fsp3) is 0.333. The molecule has 0 aliphatic carbocycles. The molecule has 0 radical (unpaired) electrons. The molecular formula is C18H19N5O2. The Balaban J connectivity index is 1.75. The smallest absolute Gasteiger partial charge is 0.276 e. The predicted octanol–water partition coefficient (Wildman–Crippen LogP) is 1.96. The highest BCUT2D eigenvalue weighted by molar-refractivity contribution is 5.98. The summed E-state index contributed by atoms with van der Waals surface area (Å²) >= 11 is 0. The van der Waals surface area contributed by atoms with E-state index < -0.39 is 0 Å². The number of amides is 1. The lowest BCUT2D eigenvalue weighted by Gasteiger charge is -2.30. The molecule has 1 N–H and O–H groups in total. The lowest BCUT2D eigenvalue weighted by atomic mass is 10.00. The summed E-state index contributed by atoms with van der Waals surface area (Å²) in [4.78, 5) is 30.0. The molecule has 1 atom stereocenters. The standard InChI is InChI=1S/C18H19N5O2/c1-12-6-5-9-22(10-12)18(25)15-16-17(24)19-14(11-23(16)21-20-15)13-7-3-2-4-8-13/h2-4,7-8,11-12H,5-6,9-10H2,1H3,(H,19,24). The molecule has 0 saturated carbocycles. The normalized spacial score (nSPS) is 17.8. The van der Waals surface area contributed by atoms with E-state index in [2.05, 4.69) is 22.2 Å². The van der Waals surface area contributed by atoms with Crippen molar-refractivity contribution in [3.8, 4) is 11.3 Å². The summed E-state index contributed by atoms with van der Waals surface area (Å²) < 4.78 is 1.39. The van der Waals surface area contributed by atoms with E-state index in [0.717, 1.165) is 18.4 Å². The summed E-state index contributed by atoms with van der Waals surface area (Å²) in [5, 5.41) is 7.99. The number of carbonyl (C=O) groups excluding carboxylic acids is 1. The fourth-order valence-corrected chi connectivity index (χ4v) is 3.36.